The number of nitrogens with one attached hydrogen (secondary N) is 2. The van der Waals surface area contributed by atoms with E-state index < -0.39 is 0 Å². The van der Waals surface area contributed by atoms with Crippen molar-refractivity contribution in [3.05, 3.63) is 74.4 Å². The van der Waals surface area contributed by atoms with Crippen LogP contribution in [0.4, 0.5) is 0 Å². The number of ether oxygens (including phenoxy) is 2. The zero-order valence-electron chi connectivity index (χ0n) is 59.9. The lowest BCUT2D eigenvalue weighted by Crippen LogP contribution is -2.57. The van der Waals surface area contributed by atoms with E-state index in [1.54, 1.807) is 13.8 Å². The predicted octanol–water partition coefficient (Wildman–Crippen LogP) is 15.8. The average molecular weight is 1320 g/mol. The van der Waals surface area contributed by atoms with Gasteiger partial charge in [0.15, 0.2) is 0 Å². The van der Waals surface area contributed by atoms with Crippen LogP contribution in [0.2, 0.25) is 0 Å². The molecule has 0 aromatic rings. The van der Waals surface area contributed by atoms with Gasteiger partial charge in [0.25, 0.3) is 0 Å². The van der Waals surface area contributed by atoms with Crippen LogP contribution in [-0.4, -0.2) is 95.3 Å². The Bertz CT molecular complexity index is 2660. The molecule has 0 aliphatic heterocycles. The third-order valence-electron chi connectivity index (χ3n) is 29.6. The van der Waals surface area contributed by atoms with Gasteiger partial charge in [0, 0.05) is 60.6 Å². The summed E-state index contributed by atoms with van der Waals surface area (Å²) in [4.78, 5) is 74.1. The molecule has 12 nitrogen and oxygen atoms in total. The summed E-state index contributed by atoms with van der Waals surface area (Å²) in [5, 5.41) is 6.38. The SMILES string of the molecule is C=C(C)C(=O)N(CC)C1C2CC3CC(C2)CC1C3.C=C(C)C(=O)NC1C2CC3CC(C2)CC1C3.C=C(C)C(=O)OC1C2CC3CC(C2)CC1C3.C=CC(=O)N(C)C1C2CC3CC(C2)CC1C3.C=CC(=O)NC1C2CC3CC(C2)CC1C3.C=CC(=O)OC1C2CC3CC(C2)CC1C3. The van der Waals surface area contributed by atoms with Gasteiger partial charge < -0.3 is 29.9 Å². The van der Waals surface area contributed by atoms with Crippen LogP contribution in [0.15, 0.2) is 74.4 Å². The average Bonchev–Trinajstić information content (AvgIpc) is 0.895. The minimum absolute atomic E-state index is 0.0208. The maximum absolute atomic E-state index is 12.3. The molecule has 0 heterocycles. The first kappa shape index (κ1) is 69.7. The largest absolute Gasteiger partial charge is 0.459 e. The van der Waals surface area contributed by atoms with Crippen molar-refractivity contribution in [2.45, 2.75) is 257 Å². The van der Waals surface area contributed by atoms with Gasteiger partial charge in [-0.2, -0.15) is 0 Å². The van der Waals surface area contributed by atoms with Gasteiger partial charge in [0.05, 0.1) is 0 Å². The summed E-state index contributed by atoms with van der Waals surface area (Å²) in [6.45, 7) is 30.2. The Morgan fingerprint density at radius 3 is 0.958 bits per heavy atom. The lowest BCUT2D eigenvalue weighted by Gasteiger charge is -2.57. The van der Waals surface area contributed by atoms with Gasteiger partial charge in [0.1, 0.15) is 12.2 Å². The molecule has 0 spiro atoms. The molecule has 0 atom stereocenters. The van der Waals surface area contributed by atoms with E-state index >= 15 is 0 Å². The molecule has 24 aliphatic rings. The Labute approximate surface area is 578 Å². The number of carbonyl (C=O) groups is 6. The van der Waals surface area contributed by atoms with Crippen molar-refractivity contribution in [3.8, 4) is 0 Å². The summed E-state index contributed by atoms with van der Waals surface area (Å²) in [7, 11) is 1.97. The van der Waals surface area contributed by atoms with Gasteiger partial charge in [-0.25, -0.2) is 9.59 Å². The quantitative estimate of drug-likeness (QED) is 0.137. The normalized spacial score (nSPS) is 44.4. The molecule has 0 unspecified atom stereocenters. The van der Waals surface area contributed by atoms with E-state index in [0.29, 0.717) is 64.6 Å². The van der Waals surface area contributed by atoms with Gasteiger partial charge in [-0.15, -0.1) is 0 Å². The molecule has 24 aliphatic carbocycles. The molecular formula is C84H124N4O8. The van der Waals surface area contributed by atoms with Crippen LogP contribution in [0.5, 0.6) is 0 Å². The predicted molar refractivity (Wildman–Crippen MR) is 379 cm³/mol. The Morgan fingerprint density at radius 1 is 0.375 bits per heavy atom. The number of esters is 2. The molecule has 24 bridgehead atoms. The second-order valence-corrected chi connectivity index (χ2v) is 36.4. The highest BCUT2D eigenvalue weighted by molar-refractivity contribution is 5.93. The number of nitrogens with zero attached hydrogens (tertiary/aromatic N) is 2. The summed E-state index contributed by atoms with van der Waals surface area (Å²) in [5.41, 5.74) is 1.88. The molecule has 4 amide bonds. The molecule has 2 N–H and O–H groups in total. The van der Waals surface area contributed by atoms with Gasteiger partial charge in [0.2, 0.25) is 23.6 Å². The van der Waals surface area contributed by atoms with Crippen molar-refractivity contribution >= 4 is 35.6 Å². The number of hydrogen-bond acceptors (Lipinski definition) is 8. The monoisotopic (exact) mass is 1320 g/mol. The third kappa shape index (κ3) is 15.0. The zero-order valence-corrected chi connectivity index (χ0v) is 59.9. The van der Waals surface area contributed by atoms with Crippen LogP contribution in [0.25, 0.3) is 0 Å². The number of hydrogen-bond donors (Lipinski definition) is 2. The van der Waals surface area contributed by atoms with E-state index in [-0.39, 0.29) is 47.8 Å². The molecular weight excluding hydrogens is 1190 g/mol. The van der Waals surface area contributed by atoms with E-state index in [0.717, 1.165) is 125 Å². The Hall–Kier alpha value is -4.74. The number of rotatable bonds is 13. The van der Waals surface area contributed by atoms with Crippen LogP contribution in [-0.2, 0) is 38.2 Å². The van der Waals surface area contributed by atoms with Gasteiger partial charge >= 0.3 is 11.9 Å². The van der Waals surface area contributed by atoms with E-state index in [2.05, 4.69) is 61.9 Å². The smallest absolute Gasteiger partial charge is 0.333 e. The first-order valence-electron chi connectivity index (χ1n) is 39.5. The van der Waals surface area contributed by atoms with Crippen LogP contribution >= 0.6 is 0 Å². The van der Waals surface area contributed by atoms with Crippen LogP contribution in [0.3, 0.4) is 0 Å². The highest BCUT2D eigenvalue weighted by Gasteiger charge is 2.55. The van der Waals surface area contributed by atoms with Crippen molar-refractivity contribution in [3.63, 3.8) is 0 Å². The highest BCUT2D eigenvalue weighted by Crippen LogP contribution is 2.60. The van der Waals surface area contributed by atoms with Crippen LogP contribution in [0, 0.1) is 142 Å². The van der Waals surface area contributed by atoms with Crippen molar-refractivity contribution in [1.82, 2.24) is 20.4 Å². The maximum Gasteiger partial charge on any atom is 0.333 e. The maximum atomic E-state index is 12.3. The topological polar surface area (TPSA) is 151 Å². The lowest BCUT2D eigenvalue weighted by atomic mass is 9.54. The fraction of sp³-hybridized carbons (Fsp3) is 0.786. The Morgan fingerprint density at radius 2 is 0.677 bits per heavy atom. The molecule has 24 rings (SSSR count). The van der Waals surface area contributed by atoms with Crippen molar-refractivity contribution in [1.29, 1.82) is 0 Å². The van der Waals surface area contributed by atoms with E-state index in [1.807, 2.05) is 18.9 Å². The van der Waals surface area contributed by atoms with Crippen LogP contribution in [0.1, 0.15) is 220 Å². The first-order valence-corrected chi connectivity index (χ1v) is 39.5. The molecule has 24 fully saturated rings. The van der Waals surface area contributed by atoms with Crippen molar-refractivity contribution in [2.75, 3.05) is 13.6 Å². The number of carbonyl (C=O) groups excluding carboxylic acids is 6. The van der Waals surface area contributed by atoms with E-state index in [1.165, 1.54) is 211 Å². The molecule has 0 saturated heterocycles. The standard InChI is InChI=1S/C16H25NO.2C14H21NO.C14H20O2.C13H19NO.C13H18O2/c1-4-17(16(18)10(2)3)15-13-6-11-5-12(8-13)9-14(15)7-11;1-8(2)14(16)15-13-11-4-9-3-10(6-11)7-12(13)5-9;1-3-13(16)15(2)14-11-5-9-4-10(7-11)8-12(14)6-9;1-8(2)14(15)16-13-11-4-9-3-10(6-11)7-12(13)5-9;1-2-12(15)14-13-10-4-8-3-9(6-10)7-11(13)5-8;1-2-12(14)15-13-10-4-8-3-9(6-10)7-11(13)5-8/h11-15H,2,4-9H2,1,3H3;9-13H,1,3-7H2,2H3,(H,15,16);3,9-12,14H,1,4-8H2,2H3;9-13H,1,3-7H2,2H3;2,8-11,13H,1,3-7H2,(H,14,15);2,8-11,13H,1,3-7H2. The molecule has 0 radical (unpaired) electrons. The Kier molecular flexibility index (Phi) is 21.4. The molecule has 12 heteroatoms. The third-order valence-corrected chi connectivity index (χ3v) is 29.6. The van der Waals surface area contributed by atoms with Gasteiger partial charge in [-0.05, 0) is 375 Å². The van der Waals surface area contributed by atoms with Crippen molar-refractivity contribution < 1.29 is 38.2 Å². The van der Waals surface area contributed by atoms with E-state index in [4.69, 9.17) is 9.47 Å². The van der Waals surface area contributed by atoms with Gasteiger partial charge in [-0.1, -0.05) is 39.5 Å². The second kappa shape index (κ2) is 29.5. The minimum Gasteiger partial charge on any atom is -0.459 e. The van der Waals surface area contributed by atoms with E-state index in [9.17, 15) is 28.8 Å². The summed E-state index contributed by atoms with van der Waals surface area (Å²) in [6, 6.07) is 1.95. The minimum atomic E-state index is -0.229. The fourth-order valence-electron chi connectivity index (χ4n) is 27.3. The zero-order chi connectivity index (χ0) is 67.5. The molecule has 0 aromatic carbocycles. The van der Waals surface area contributed by atoms with Crippen LogP contribution < -0.4 is 10.6 Å². The number of likely N-dealkylation sites (N-methyl/N-ethyl adjacent to an activating group) is 2. The molecule has 0 aromatic heterocycles. The van der Waals surface area contributed by atoms with Crippen molar-refractivity contribution in [2.24, 2.45) is 142 Å². The lowest BCUT2D eigenvalue weighted by molar-refractivity contribution is -0.166. The summed E-state index contributed by atoms with van der Waals surface area (Å²) in [6.07, 6.45) is 45.5. The fourth-order valence-corrected chi connectivity index (χ4v) is 27.3. The summed E-state index contributed by atoms with van der Waals surface area (Å²) in [5.74, 6) is 20.3. The first-order chi connectivity index (χ1) is 46.1. The summed E-state index contributed by atoms with van der Waals surface area (Å²) < 4.78 is 11.2. The second-order valence-electron chi connectivity index (χ2n) is 36.4. The molecule has 96 heavy (non-hydrogen) atoms. The molecule has 24 saturated carbocycles. The molecule has 528 valence electrons. The summed E-state index contributed by atoms with van der Waals surface area (Å²) >= 11 is 0. The number of amides is 4. The van der Waals surface area contributed by atoms with Gasteiger partial charge in [-0.3, -0.25) is 19.2 Å². The Balaban J connectivity index is 0.000000104. The highest BCUT2D eigenvalue weighted by atomic mass is 16.5.